The van der Waals surface area contributed by atoms with Gasteiger partial charge in [0.1, 0.15) is 5.76 Å². The van der Waals surface area contributed by atoms with Crippen LogP contribution in [0.2, 0.25) is 0 Å². The summed E-state index contributed by atoms with van der Waals surface area (Å²) in [5, 5.41) is 2.90. The van der Waals surface area contributed by atoms with E-state index < -0.39 is 11.7 Å². The van der Waals surface area contributed by atoms with Crippen molar-refractivity contribution in [3.63, 3.8) is 0 Å². The summed E-state index contributed by atoms with van der Waals surface area (Å²) < 4.78 is 44.8. The summed E-state index contributed by atoms with van der Waals surface area (Å²) in [6.45, 7) is 1.88. The largest absolute Gasteiger partial charge is 0.467 e. The van der Waals surface area contributed by atoms with E-state index in [-0.39, 0.29) is 11.7 Å². The summed E-state index contributed by atoms with van der Waals surface area (Å²) >= 11 is 3.06. The molecule has 1 atom stereocenters. The van der Waals surface area contributed by atoms with Crippen LogP contribution in [0.15, 0.2) is 45.5 Å². The lowest BCUT2D eigenvalue weighted by Gasteiger charge is -2.20. The molecule has 108 valence electrons. The topological polar surface area (TPSA) is 25.2 Å². The molecule has 2 nitrogen and oxygen atoms in total. The highest BCUT2D eigenvalue weighted by Crippen LogP contribution is 2.38. The van der Waals surface area contributed by atoms with Crippen molar-refractivity contribution in [3.8, 4) is 0 Å². The van der Waals surface area contributed by atoms with E-state index in [1.807, 2.05) is 6.92 Å². The molecule has 0 saturated heterocycles. The van der Waals surface area contributed by atoms with Gasteiger partial charge in [0, 0.05) is 10.2 Å². The van der Waals surface area contributed by atoms with Gasteiger partial charge in [-0.1, -0.05) is 22.9 Å². The minimum absolute atomic E-state index is 0.0453. The van der Waals surface area contributed by atoms with Gasteiger partial charge in [0.05, 0.1) is 17.9 Å². The van der Waals surface area contributed by atoms with E-state index in [2.05, 4.69) is 21.2 Å². The zero-order chi connectivity index (χ0) is 14.8. The molecule has 0 saturated carbocycles. The quantitative estimate of drug-likeness (QED) is 0.775. The second-order valence-electron chi connectivity index (χ2n) is 4.31. The molecule has 0 aliphatic carbocycles. The Hall–Kier alpha value is -1.43. The van der Waals surface area contributed by atoms with E-state index >= 15 is 0 Å². The molecule has 2 aromatic rings. The maximum absolute atomic E-state index is 13.0. The van der Waals surface area contributed by atoms with Crippen LogP contribution < -0.4 is 5.32 Å². The van der Waals surface area contributed by atoms with Crippen LogP contribution in [0.4, 0.5) is 18.9 Å². The number of alkyl halides is 3. The zero-order valence-electron chi connectivity index (χ0n) is 10.7. The molecule has 0 fully saturated rings. The average molecular weight is 348 g/mol. The SMILES string of the molecule is CCC(Nc1ccc(Br)cc1C(F)(F)F)c1ccco1. The molecule has 2 rings (SSSR count). The molecule has 1 heterocycles. The van der Waals surface area contributed by atoms with Gasteiger partial charge >= 0.3 is 6.18 Å². The molecule has 1 aromatic heterocycles. The smallest absolute Gasteiger partial charge is 0.418 e. The molecule has 0 aliphatic rings. The number of furan rings is 1. The summed E-state index contributed by atoms with van der Waals surface area (Å²) in [7, 11) is 0. The van der Waals surface area contributed by atoms with Crippen LogP contribution >= 0.6 is 15.9 Å². The molecule has 0 bridgehead atoms. The van der Waals surface area contributed by atoms with Crippen LogP contribution in [0.1, 0.15) is 30.7 Å². The molecule has 1 N–H and O–H groups in total. The molecule has 6 heteroatoms. The van der Waals surface area contributed by atoms with Crippen LogP contribution in [0.25, 0.3) is 0 Å². The Morgan fingerprint density at radius 3 is 2.60 bits per heavy atom. The lowest BCUT2D eigenvalue weighted by atomic mass is 10.1. The molecule has 1 unspecified atom stereocenters. The van der Waals surface area contributed by atoms with Gasteiger partial charge in [0.25, 0.3) is 0 Å². The Morgan fingerprint density at radius 1 is 1.30 bits per heavy atom. The standard InChI is InChI=1S/C14H13BrF3NO/c1-2-11(13-4-3-7-20-13)19-12-6-5-9(15)8-10(12)14(16,17)18/h3-8,11,19H,2H2,1H3. The normalized spacial score (nSPS) is 13.2. The van der Waals surface area contributed by atoms with Gasteiger partial charge in [-0.05, 0) is 36.8 Å². The predicted molar refractivity (Wildman–Crippen MR) is 74.5 cm³/mol. The van der Waals surface area contributed by atoms with Crippen molar-refractivity contribution in [2.45, 2.75) is 25.6 Å². The highest BCUT2D eigenvalue weighted by atomic mass is 79.9. The Labute approximate surface area is 123 Å². The van der Waals surface area contributed by atoms with Crippen molar-refractivity contribution >= 4 is 21.6 Å². The Bertz CT molecular complexity index is 566. The number of hydrogen-bond donors (Lipinski definition) is 1. The number of rotatable bonds is 4. The minimum Gasteiger partial charge on any atom is -0.467 e. The zero-order valence-corrected chi connectivity index (χ0v) is 12.3. The van der Waals surface area contributed by atoms with Gasteiger partial charge in [-0.25, -0.2) is 0 Å². The highest BCUT2D eigenvalue weighted by molar-refractivity contribution is 9.10. The molecular formula is C14H13BrF3NO. The lowest BCUT2D eigenvalue weighted by Crippen LogP contribution is -2.14. The lowest BCUT2D eigenvalue weighted by molar-refractivity contribution is -0.137. The van der Waals surface area contributed by atoms with E-state index in [0.717, 1.165) is 6.07 Å². The number of benzene rings is 1. The number of nitrogens with one attached hydrogen (secondary N) is 1. The third-order valence-corrected chi connectivity index (χ3v) is 3.40. The van der Waals surface area contributed by atoms with Crippen LogP contribution in [0, 0.1) is 0 Å². The van der Waals surface area contributed by atoms with E-state index in [1.165, 1.54) is 12.3 Å². The van der Waals surface area contributed by atoms with Gasteiger partial charge in [0.2, 0.25) is 0 Å². The van der Waals surface area contributed by atoms with Crippen LogP contribution in [0.5, 0.6) is 0 Å². The molecule has 1 aromatic carbocycles. The summed E-state index contributed by atoms with van der Waals surface area (Å²) in [5.41, 5.74) is -0.652. The van der Waals surface area contributed by atoms with Crippen molar-refractivity contribution in [2.24, 2.45) is 0 Å². The number of anilines is 1. The first kappa shape index (κ1) is 15.0. The first-order valence-corrected chi connectivity index (χ1v) is 6.87. The van der Waals surface area contributed by atoms with Gasteiger partial charge < -0.3 is 9.73 Å². The third-order valence-electron chi connectivity index (χ3n) is 2.91. The predicted octanol–water partition coefficient (Wildman–Crippen LogP) is 5.62. The summed E-state index contributed by atoms with van der Waals surface area (Å²) in [4.78, 5) is 0. The van der Waals surface area contributed by atoms with Crippen molar-refractivity contribution < 1.29 is 17.6 Å². The Morgan fingerprint density at radius 2 is 2.05 bits per heavy atom. The van der Waals surface area contributed by atoms with Gasteiger partial charge in [0.15, 0.2) is 0 Å². The minimum atomic E-state index is -4.41. The van der Waals surface area contributed by atoms with Crippen LogP contribution in [0.3, 0.4) is 0 Å². The van der Waals surface area contributed by atoms with Crippen molar-refractivity contribution in [1.29, 1.82) is 0 Å². The summed E-state index contributed by atoms with van der Waals surface area (Å²) in [6.07, 6.45) is -2.29. The Kier molecular flexibility index (Phi) is 4.42. The second-order valence-corrected chi connectivity index (χ2v) is 5.22. The van der Waals surface area contributed by atoms with Crippen LogP contribution in [-0.4, -0.2) is 0 Å². The molecule has 0 spiro atoms. The first-order valence-electron chi connectivity index (χ1n) is 6.08. The third kappa shape index (κ3) is 3.36. The molecule has 0 aliphatic heterocycles. The molecular weight excluding hydrogens is 335 g/mol. The van der Waals surface area contributed by atoms with Crippen LogP contribution in [-0.2, 0) is 6.18 Å². The maximum atomic E-state index is 13.0. The summed E-state index contributed by atoms with van der Waals surface area (Å²) in [6, 6.07) is 7.22. The van der Waals surface area contributed by atoms with Gasteiger partial charge in [-0.3, -0.25) is 0 Å². The first-order chi connectivity index (χ1) is 9.41. The number of halogens is 4. The second kappa shape index (κ2) is 5.91. The average Bonchev–Trinajstić information content (AvgIpc) is 2.90. The Balaban J connectivity index is 2.33. The molecule has 20 heavy (non-hydrogen) atoms. The monoisotopic (exact) mass is 347 g/mol. The van der Waals surface area contributed by atoms with Crippen molar-refractivity contribution in [1.82, 2.24) is 0 Å². The highest BCUT2D eigenvalue weighted by Gasteiger charge is 2.34. The van der Waals surface area contributed by atoms with Gasteiger partial charge in [-0.15, -0.1) is 0 Å². The maximum Gasteiger partial charge on any atom is 0.418 e. The summed E-state index contributed by atoms with van der Waals surface area (Å²) in [5.74, 6) is 0.614. The fourth-order valence-electron chi connectivity index (χ4n) is 1.93. The molecule has 0 amide bonds. The number of hydrogen-bond acceptors (Lipinski definition) is 2. The molecule has 0 radical (unpaired) electrons. The van der Waals surface area contributed by atoms with E-state index in [4.69, 9.17) is 4.42 Å². The fraction of sp³-hybridized carbons (Fsp3) is 0.286. The van der Waals surface area contributed by atoms with Crippen molar-refractivity contribution in [2.75, 3.05) is 5.32 Å². The van der Waals surface area contributed by atoms with E-state index in [0.29, 0.717) is 16.7 Å². The van der Waals surface area contributed by atoms with Gasteiger partial charge in [-0.2, -0.15) is 13.2 Å². The van der Waals surface area contributed by atoms with Crippen molar-refractivity contribution in [3.05, 3.63) is 52.4 Å². The van der Waals surface area contributed by atoms with E-state index in [9.17, 15) is 13.2 Å². The van der Waals surface area contributed by atoms with E-state index in [1.54, 1.807) is 18.2 Å². The fourth-order valence-corrected chi connectivity index (χ4v) is 2.29.